The molecule has 7 nitrogen and oxygen atoms in total. The maximum atomic E-state index is 13.3. The highest BCUT2D eigenvalue weighted by Crippen LogP contribution is 2.68. The van der Waals surface area contributed by atoms with Gasteiger partial charge in [0.15, 0.2) is 6.61 Å². The minimum Gasteiger partial charge on any atom is -0.564 e. The summed E-state index contributed by atoms with van der Waals surface area (Å²) in [6.07, 6.45) is 5.74. The van der Waals surface area contributed by atoms with Crippen LogP contribution in [0.4, 0.5) is 8.78 Å². The molecule has 3 fully saturated rings. The second-order valence-electron chi connectivity index (χ2n) is 7.80. The second kappa shape index (κ2) is 5.48. The van der Waals surface area contributed by atoms with E-state index in [9.17, 15) is 26.8 Å². The normalized spacial score (nSPS) is 42.9. The zero-order chi connectivity index (χ0) is 19.0. The van der Waals surface area contributed by atoms with E-state index >= 15 is 0 Å². The van der Waals surface area contributed by atoms with Gasteiger partial charge in [-0.05, 0) is 48.3 Å². The van der Waals surface area contributed by atoms with Gasteiger partial charge in [-0.2, -0.15) is 17.2 Å². The lowest BCUT2D eigenvalue weighted by molar-refractivity contribution is -0.167. The molecule has 0 saturated heterocycles. The summed E-state index contributed by atoms with van der Waals surface area (Å²) in [5.74, 6) is -3.24. The quantitative estimate of drug-likeness (QED) is 0.240. The Bertz CT molecular complexity index is 792. The van der Waals surface area contributed by atoms with Crippen molar-refractivity contribution in [3.63, 3.8) is 0 Å². The molecule has 0 aliphatic heterocycles. The maximum Gasteiger partial charge on any atom is 0.520 e. The monoisotopic (exact) mass is 393 g/mol. The number of hydrogen-bond donors (Lipinski definition) is 1. The molecule has 26 heavy (non-hydrogen) atoms. The molecule has 3 N–H and O–H groups in total. The summed E-state index contributed by atoms with van der Waals surface area (Å²) >= 11 is 0. The Morgan fingerprint density at radius 1 is 1.12 bits per heavy atom. The fraction of sp³-hybridized carbons (Fsp3) is 0.750. The molecule has 144 valence electrons. The predicted octanol–water partition coefficient (Wildman–Crippen LogP) is 0.582. The number of halogens is 2. The van der Waals surface area contributed by atoms with Crippen LogP contribution >= 0.6 is 0 Å². The van der Waals surface area contributed by atoms with Crippen LogP contribution in [0.15, 0.2) is 12.2 Å². The number of allylic oxidation sites excluding steroid dienone is 2. The molecule has 0 spiro atoms. The first-order chi connectivity index (χ1) is 12.0. The van der Waals surface area contributed by atoms with Crippen LogP contribution in [0.3, 0.4) is 0 Å². The molecule has 0 aromatic heterocycles. The summed E-state index contributed by atoms with van der Waals surface area (Å²) in [5, 5.41) is 2.93. The van der Waals surface area contributed by atoms with Crippen molar-refractivity contribution in [3.05, 3.63) is 12.2 Å². The summed E-state index contributed by atoms with van der Waals surface area (Å²) in [4.78, 5) is 24.3. The third-order valence-electron chi connectivity index (χ3n) is 6.76. The Kier molecular flexibility index (Phi) is 3.76. The molecular weight excluding hydrogens is 374 g/mol. The molecule has 0 amide bonds. The smallest absolute Gasteiger partial charge is 0.520 e. The van der Waals surface area contributed by atoms with E-state index in [4.69, 9.17) is 9.66 Å². The first-order valence-electron chi connectivity index (χ1n) is 8.48. The zero-order valence-corrected chi connectivity index (χ0v) is 14.4. The van der Waals surface area contributed by atoms with Gasteiger partial charge in [0.25, 0.3) is 0 Å². The lowest BCUT2D eigenvalue weighted by Crippen LogP contribution is -2.45. The molecule has 4 rings (SSSR count). The zero-order valence-electron chi connectivity index (χ0n) is 13.5. The number of rotatable bonds is 5. The topological polar surface area (TPSA) is 121 Å². The molecule has 8 unspecified atom stereocenters. The van der Waals surface area contributed by atoms with Gasteiger partial charge in [-0.15, -0.1) is 0 Å². The van der Waals surface area contributed by atoms with Gasteiger partial charge in [0.1, 0.15) is 5.92 Å². The average Bonchev–Trinajstić information content (AvgIpc) is 3.27. The largest absolute Gasteiger partial charge is 0.564 e. The fourth-order valence-corrected chi connectivity index (χ4v) is 6.25. The molecule has 0 radical (unpaired) electrons. The van der Waals surface area contributed by atoms with Crippen molar-refractivity contribution in [2.45, 2.75) is 18.1 Å². The minimum absolute atomic E-state index is 0.144. The third-order valence-corrected chi connectivity index (χ3v) is 7.63. The number of fused-ring (bicyclic) bond motifs is 9. The van der Waals surface area contributed by atoms with Crippen molar-refractivity contribution in [1.82, 2.24) is 0 Å². The van der Waals surface area contributed by atoms with Crippen LogP contribution in [0.1, 0.15) is 12.8 Å². The van der Waals surface area contributed by atoms with Gasteiger partial charge in [-0.25, -0.2) is 0 Å². The number of hydrogen-bond acceptors (Lipinski definition) is 5. The van der Waals surface area contributed by atoms with Gasteiger partial charge in [0.05, 0.1) is 5.92 Å². The average molecular weight is 393 g/mol. The van der Waals surface area contributed by atoms with Gasteiger partial charge in [-0.1, -0.05) is 12.2 Å². The van der Waals surface area contributed by atoms with E-state index in [2.05, 4.69) is 16.9 Å². The number of ether oxygens (including phenoxy) is 1. The Hall–Kier alpha value is -1.55. The SMILES string of the molecule is O=C([OH2+])C1C2CC(C1C(=O)OCC(F)(F)S(=O)(=O)O)C1C3C=CC(C3)C21. The van der Waals surface area contributed by atoms with E-state index in [0.717, 1.165) is 6.42 Å². The first-order valence-corrected chi connectivity index (χ1v) is 9.92. The van der Waals surface area contributed by atoms with Crippen LogP contribution in [0.2, 0.25) is 0 Å². The summed E-state index contributed by atoms with van der Waals surface area (Å²) in [7, 11) is -5.71. The first kappa shape index (κ1) is 17.8. The van der Waals surface area contributed by atoms with Crippen LogP contribution in [0, 0.1) is 47.3 Å². The summed E-state index contributed by atoms with van der Waals surface area (Å²) in [6, 6.07) is 0. The molecule has 3 saturated carbocycles. The van der Waals surface area contributed by atoms with Gasteiger partial charge >= 0.3 is 27.3 Å². The maximum absolute atomic E-state index is 13.3. The van der Waals surface area contributed by atoms with Crippen molar-refractivity contribution >= 4 is 22.1 Å². The van der Waals surface area contributed by atoms with Crippen LogP contribution in [0.5, 0.6) is 0 Å². The summed E-state index contributed by atoms with van der Waals surface area (Å²) in [5.41, 5.74) is 0. The van der Waals surface area contributed by atoms with Crippen LogP contribution in [-0.2, 0) is 24.4 Å². The van der Waals surface area contributed by atoms with E-state index < -0.39 is 45.8 Å². The van der Waals surface area contributed by atoms with E-state index in [1.165, 1.54) is 0 Å². The Morgan fingerprint density at radius 2 is 1.65 bits per heavy atom. The standard InChI is InChI=1S/C16H18F2O7S/c17-16(18,26(22,23)24)5-25-15(21)13-9-4-8(12(13)14(19)20)10-6-1-2-7(3-6)11(9)10/h1-2,6-13H,3-5H2,(H,19,20)(H,22,23,24)/p+1. The number of carbonyl (C=O) groups excluding carboxylic acids is 2. The van der Waals surface area contributed by atoms with E-state index in [1.54, 1.807) is 0 Å². The van der Waals surface area contributed by atoms with E-state index in [0.29, 0.717) is 12.3 Å². The van der Waals surface area contributed by atoms with E-state index in [-0.39, 0.29) is 29.6 Å². The van der Waals surface area contributed by atoms with Crippen LogP contribution in [-0.4, -0.2) is 41.9 Å². The molecule has 0 aromatic carbocycles. The Labute approximate surface area is 148 Å². The van der Waals surface area contributed by atoms with Gasteiger partial charge < -0.3 is 9.84 Å². The van der Waals surface area contributed by atoms with Crippen molar-refractivity contribution in [3.8, 4) is 0 Å². The number of alkyl halides is 2. The van der Waals surface area contributed by atoms with Crippen molar-refractivity contribution in [2.75, 3.05) is 6.61 Å². The molecular formula is C16H19F2O7S+. The van der Waals surface area contributed by atoms with Crippen LogP contribution in [0.25, 0.3) is 0 Å². The molecule has 4 aliphatic carbocycles. The van der Waals surface area contributed by atoms with Crippen molar-refractivity contribution in [1.29, 1.82) is 0 Å². The summed E-state index contributed by atoms with van der Waals surface area (Å²) in [6.45, 7) is -1.81. The molecule has 4 bridgehead atoms. The minimum atomic E-state index is -5.71. The Balaban J connectivity index is 1.55. The lowest BCUT2D eigenvalue weighted by atomic mass is 9.65. The highest BCUT2D eigenvalue weighted by molar-refractivity contribution is 7.86. The molecule has 4 aliphatic rings. The number of esters is 1. The van der Waals surface area contributed by atoms with Gasteiger partial charge in [0, 0.05) is 4.79 Å². The van der Waals surface area contributed by atoms with Crippen LogP contribution < -0.4 is 0 Å². The Morgan fingerprint density at radius 3 is 2.15 bits per heavy atom. The molecule has 0 aromatic rings. The predicted molar refractivity (Wildman–Crippen MR) is 82.4 cm³/mol. The fourth-order valence-electron chi connectivity index (χ4n) is 6.04. The molecule has 0 heterocycles. The second-order valence-corrected chi connectivity index (χ2v) is 9.35. The molecule has 8 atom stereocenters. The van der Waals surface area contributed by atoms with Gasteiger partial charge in [-0.3, -0.25) is 9.35 Å². The van der Waals surface area contributed by atoms with E-state index in [1.807, 2.05) is 0 Å². The third kappa shape index (κ3) is 2.34. The highest BCUT2D eigenvalue weighted by atomic mass is 32.2. The number of carbonyl (C=O) groups is 2. The highest BCUT2D eigenvalue weighted by Gasteiger charge is 2.69. The van der Waals surface area contributed by atoms with Crippen molar-refractivity contribution < 1.29 is 41.2 Å². The summed E-state index contributed by atoms with van der Waals surface area (Å²) < 4.78 is 61.0. The lowest BCUT2D eigenvalue weighted by Gasteiger charge is -2.37. The van der Waals surface area contributed by atoms with Crippen molar-refractivity contribution in [2.24, 2.45) is 47.3 Å². The molecule has 10 heteroatoms. The van der Waals surface area contributed by atoms with Gasteiger partial charge in [0.2, 0.25) is 0 Å².